The fourth-order valence-electron chi connectivity index (χ4n) is 4.70. The van der Waals surface area contributed by atoms with Crippen molar-refractivity contribution >= 4 is 16.6 Å². The normalized spacial score (nSPS) is 14.5. The van der Waals surface area contributed by atoms with E-state index in [1.807, 2.05) is 29.9 Å². The Hall–Kier alpha value is -3.72. The third-order valence-corrected chi connectivity index (χ3v) is 6.68. The molecule has 1 saturated heterocycles. The lowest BCUT2D eigenvalue weighted by atomic mass is 9.94. The summed E-state index contributed by atoms with van der Waals surface area (Å²) in [6, 6.07) is 12.7. The summed E-state index contributed by atoms with van der Waals surface area (Å²) >= 11 is 0. The van der Waals surface area contributed by atoms with Gasteiger partial charge in [0, 0.05) is 43.7 Å². The van der Waals surface area contributed by atoms with Gasteiger partial charge >= 0.3 is 0 Å². The fourth-order valence-corrected chi connectivity index (χ4v) is 4.70. The average molecular weight is 440 g/mol. The number of hydrogen-bond acceptors (Lipinski definition) is 4. The second-order valence-corrected chi connectivity index (χ2v) is 8.84. The first-order chi connectivity index (χ1) is 16.1. The van der Waals surface area contributed by atoms with Gasteiger partial charge in [0.1, 0.15) is 17.7 Å². The molecule has 33 heavy (non-hydrogen) atoms. The van der Waals surface area contributed by atoms with Crippen molar-refractivity contribution in [3.05, 3.63) is 66.4 Å². The van der Waals surface area contributed by atoms with E-state index in [1.54, 1.807) is 6.07 Å². The highest BCUT2D eigenvalue weighted by molar-refractivity contribution is 5.89. The molecule has 166 valence electrons. The molecule has 4 aromatic rings. The van der Waals surface area contributed by atoms with Gasteiger partial charge in [-0.3, -0.25) is 4.98 Å². The van der Waals surface area contributed by atoms with Crippen LogP contribution < -0.4 is 4.90 Å². The lowest BCUT2D eigenvalue weighted by Gasteiger charge is -2.32. The van der Waals surface area contributed by atoms with E-state index in [9.17, 15) is 4.39 Å². The Bertz CT molecular complexity index is 1360. The molecule has 0 saturated carbocycles. The highest BCUT2D eigenvalue weighted by atomic mass is 19.1. The number of aryl methyl sites for hydroxylation is 1. The average Bonchev–Trinajstić information content (AvgIpc) is 3.23. The predicted molar refractivity (Wildman–Crippen MR) is 129 cm³/mol. The number of halogens is 1. The van der Waals surface area contributed by atoms with Crippen LogP contribution in [0.3, 0.4) is 0 Å². The van der Waals surface area contributed by atoms with Crippen molar-refractivity contribution < 1.29 is 4.39 Å². The van der Waals surface area contributed by atoms with Gasteiger partial charge < -0.3 is 9.47 Å². The molecule has 0 amide bonds. The van der Waals surface area contributed by atoms with Crippen LogP contribution in [0.25, 0.3) is 33.3 Å². The first kappa shape index (κ1) is 21.1. The van der Waals surface area contributed by atoms with Crippen LogP contribution in [0.15, 0.2) is 55.0 Å². The van der Waals surface area contributed by atoms with Gasteiger partial charge in [-0.2, -0.15) is 5.26 Å². The minimum absolute atomic E-state index is 0.0248. The summed E-state index contributed by atoms with van der Waals surface area (Å²) in [6.45, 7) is 4.14. The van der Waals surface area contributed by atoms with Crippen molar-refractivity contribution in [1.82, 2.24) is 14.5 Å². The van der Waals surface area contributed by atoms with Crippen LogP contribution in [-0.2, 0) is 7.05 Å². The quantitative estimate of drug-likeness (QED) is 0.395. The van der Waals surface area contributed by atoms with E-state index in [0.29, 0.717) is 17.0 Å². The highest BCUT2D eigenvalue weighted by Crippen LogP contribution is 2.34. The fraction of sp³-hybridized carbons (Fsp3) is 0.296. The minimum atomic E-state index is -0.546. The van der Waals surface area contributed by atoms with Crippen molar-refractivity contribution in [2.75, 3.05) is 18.0 Å². The first-order valence-corrected chi connectivity index (χ1v) is 11.4. The molecule has 0 aliphatic carbocycles. The van der Waals surface area contributed by atoms with E-state index in [4.69, 9.17) is 15.2 Å². The van der Waals surface area contributed by atoms with Crippen LogP contribution in [0.1, 0.15) is 31.7 Å². The van der Waals surface area contributed by atoms with E-state index in [2.05, 4.69) is 36.4 Å². The molecule has 6 heteroatoms. The Balaban J connectivity index is 1.61. The summed E-state index contributed by atoms with van der Waals surface area (Å²) in [5.74, 6) is 1.03. The Kier molecular flexibility index (Phi) is 5.55. The van der Waals surface area contributed by atoms with Crippen molar-refractivity contribution in [2.45, 2.75) is 26.2 Å². The van der Waals surface area contributed by atoms with E-state index >= 15 is 0 Å². The maximum Gasteiger partial charge on any atom is 0.147 e. The van der Waals surface area contributed by atoms with E-state index in [-0.39, 0.29) is 5.56 Å². The zero-order valence-corrected chi connectivity index (χ0v) is 18.9. The Morgan fingerprint density at radius 1 is 1.03 bits per heavy atom. The van der Waals surface area contributed by atoms with Crippen LogP contribution in [0.4, 0.5) is 10.2 Å². The van der Waals surface area contributed by atoms with Gasteiger partial charge in [0.25, 0.3) is 0 Å². The molecule has 3 heterocycles. The summed E-state index contributed by atoms with van der Waals surface area (Å²) in [6.07, 6.45) is 9.47. The van der Waals surface area contributed by atoms with Crippen molar-refractivity contribution in [1.29, 1.82) is 5.26 Å². The number of nitrogens with zero attached hydrogens (tertiary/aromatic N) is 5. The molecule has 5 rings (SSSR count). The van der Waals surface area contributed by atoms with E-state index in [1.165, 1.54) is 18.6 Å². The van der Waals surface area contributed by atoms with E-state index < -0.39 is 5.82 Å². The van der Waals surface area contributed by atoms with Crippen LogP contribution >= 0.6 is 0 Å². The number of aromatic nitrogens is 3. The number of fused-ring (bicyclic) bond motifs is 1. The van der Waals surface area contributed by atoms with Gasteiger partial charge in [0.2, 0.25) is 0 Å². The SMILES string of the molecule is CCC1CCN(c2cnc(-c3ccc4cn(C)cc4c3)c(-c3ccc(C#N)c(F)c3)n2)CC1. The molecule has 0 unspecified atom stereocenters. The summed E-state index contributed by atoms with van der Waals surface area (Å²) in [4.78, 5) is 12.1. The zero-order valence-electron chi connectivity index (χ0n) is 18.9. The molecule has 1 aliphatic heterocycles. The molecular formula is C27H26FN5. The van der Waals surface area contributed by atoms with Gasteiger partial charge in [-0.25, -0.2) is 9.37 Å². The maximum atomic E-state index is 14.5. The maximum absolute atomic E-state index is 14.5. The second-order valence-electron chi connectivity index (χ2n) is 8.84. The van der Waals surface area contributed by atoms with E-state index in [0.717, 1.165) is 54.0 Å². The summed E-state index contributed by atoms with van der Waals surface area (Å²) in [7, 11) is 2.00. The standard InChI is InChI=1S/C27H26FN5/c1-3-18-8-10-33(11-9-18)25-15-30-26(19-5-7-22-16-32(2)17-23(22)12-19)27(31-25)20-4-6-21(14-29)24(28)13-20/h4-7,12-13,15-18H,3,8-11H2,1-2H3. The topological polar surface area (TPSA) is 57.7 Å². The number of rotatable bonds is 4. The third kappa shape index (κ3) is 4.07. The van der Waals surface area contributed by atoms with Gasteiger partial charge in [0.05, 0.1) is 23.1 Å². The van der Waals surface area contributed by atoms with Crippen molar-refractivity contribution in [2.24, 2.45) is 13.0 Å². The predicted octanol–water partition coefficient (Wildman–Crippen LogP) is 5.94. The number of hydrogen-bond donors (Lipinski definition) is 0. The van der Waals surface area contributed by atoms with Crippen LogP contribution in [0.2, 0.25) is 0 Å². The smallest absolute Gasteiger partial charge is 0.147 e. The molecule has 5 nitrogen and oxygen atoms in total. The van der Waals surface area contributed by atoms with Gasteiger partial charge in [-0.1, -0.05) is 31.5 Å². The lowest BCUT2D eigenvalue weighted by Crippen LogP contribution is -2.34. The van der Waals surface area contributed by atoms with Gasteiger partial charge in [-0.15, -0.1) is 0 Å². The number of nitriles is 1. The molecule has 0 atom stereocenters. The summed E-state index contributed by atoms with van der Waals surface area (Å²) in [5, 5.41) is 11.4. The van der Waals surface area contributed by atoms with Gasteiger partial charge in [-0.05, 0) is 47.7 Å². The molecule has 0 radical (unpaired) electrons. The number of benzene rings is 2. The minimum Gasteiger partial charge on any atom is -0.356 e. The summed E-state index contributed by atoms with van der Waals surface area (Å²) < 4.78 is 16.6. The van der Waals surface area contributed by atoms with Gasteiger partial charge in [0.15, 0.2) is 0 Å². The molecule has 0 spiro atoms. The lowest BCUT2D eigenvalue weighted by molar-refractivity contribution is 0.393. The monoisotopic (exact) mass is 439 g/mol. The Morgan fingerprint density at radius 2 is 1.76 bits per heavy atom. The van der Waals surface area contributed by atoms with Crippen LogP contribution in [-0.4, -0.2) is 27.6 Å². The largest absolute Gasteiger partial charge is 0.356 e. The van der Waals surface area contributed by atoms with Crippen molar-refractivity contribution in [3.8, 4) is 28.6 Å². The summed E-state index contributed by atoms with van der Waals surface area (Å²) in [5.41, 5.74) is 2.90. The van der Waals surface area contributed by atoms with Crippen LogP contribution in [0.5, 0.6) is 0 Å². The third-order valence-electron chi connectivity index (χ3n) is 6.68. The number of anilines is 1. The molecule has 2 aromatic carbocycles. The highest BCUT2D eigenvalue weighted by Gasteiger charge is 2.21. The first-order valence-electron chi connectivity index (χ1n) is 11.4. The Labute approximate surface area is 193 Å². The molecular weight excluding hydrogens is 413 g/mol. The molecule has 1 aliphatic rings. The van der Waals surface area contributed by atoms with Crippen LogP contribution in [0, 0.1) is 23.1 Å². The second kappa shape index (κ2) is 8.67. The molecule has 2 aromatic heterocycles. The molecule has 0 N–H and O–H groups in total. The molecule has 1 fully saturated rings. The zero-order chi connectivity index (χ0) is 22.9. The van der Waals surface area contributed by atoms with Crippen molar-refractivity contribution in [3.63, 3.8) is 0 Å². The number of piperidine rings is 1. The Morgan fingerprint density at radius 3 is 2.48 bits per heavy atom. The molecule has 0 bridgehead atoms.